The molecule has 1 saturated carbocycles. The molecule has 20 heavy (non-hydrogen) atoms. The zero-order valence-corrected chi connectivity index (χ0v) is 11.9. The van der Waals surface area contributed by atoms with Crippen LogP contribution in [0.4, 0.5) is 0 Å². The van der Waals surface area contributed by atoms with Crippen LogP contribution in [-0.4, -0.2) is 24.3 Å². The van der Waals surface area contributed by atoms with Crippen LogP contribution in [0.5, 0.6) is 5.75 Å². The van der Waals surface area contributed by atoms with Gasteiger partial charge in [-0.15, -0.1) is 0 Å². The first-order chi connectivity index (χ1) is 9.70. The lowest BCUT2D eigenvalue weighted by Crippen LogP contribution is -2.12. The third kappa shape index (κ3) is 3.97. The predicted molar refractivity (Wildman–Crippen MR) is 76.2 cm³/mol. The van der Waals surface area contributed by atoms with Crippen LogP contribution in [0.15, 0.2) is 18.2 Å². The van der Waals surface area contributed by atoms with Crippen LogP contribution >= 0.6 is 0 Å². The maximum Gasteiger partial charge on any atom is 0.339 e. The molecule has 2 rings (SSSR count). The van der Waals surface area contributed by atoms with Crippen molar-refractivity contribution in [1.82, 2.24) is 0 Å². The van der Waals surface area contributed by atoms with Gasteiger partial charge in [0.15, 0.2) is 0 Å². The van der Waals surface area contributed by atoms with E-state index in [9.17, 15) is 4.79 Å². The molecule has 4 nitrogen and oxygen atoms in total. The molecule has 0 atom stereocenters. The summed E-state index contributed by atoms with van der Waals surface area (Å²) in [6, 6.07) is 5.19. The second kappa shape index (κ2) is 7.29. The molecule has 4 heteroatoms. The van der Waals surface area contributed by atoms with Crippen LogP contribution in [0.3, 0.4) is 0 Å². The SMILES string of the molecule is COc1ccc(COC2CCCCCC2)cc1C(=O)O. The summed E-state index contributed by atoms with van der Waals surface area (Å²) in [5, 5.41) is 9.15. The fourth-order valence-electron chi connectivity index (χ4n) is 2.63. The number of hydrogen-bond donors (Lipinski definition) is 1. The predicted octanol–water partition coefficient (Wildman–Crippen LogP) is 3.63. The van der Waals surface area contributed by atoms with Gasteiger partial charge in [-0.05, 0) is 30.5 Å². The van der Waals surface area contributed by atoms with Gasteiger partial charge in [-0.3, -0.25) is 0 Å². The van der Waals surface area contributed by atoms with Crippen LogP contribution in [0.2, 0.25) is 0 Å². The van der Waals surface area contributed by atoms with Crippen molar-refractivity contribution in [3.05, 3.63) is 29.3 Å². The van der Waals surface area contributed by atoms with Gasteiger partial charge in [-0.2, -0.15) is 0 Å². The summed E-state index contributed by atoms with van der Waals surface area (Å²) in [5.74, 6) is -0.589. The summed E-state index contributed by atoms with van der Waals surface area (Å²) < 4.78 is 11.0. The molecule has 0 radical (unpaired) electrons. The normalized spacial score (nSPS) is 16.6. The molecule has 1 aliphatic carbocycles. The first kappa shape index (κ1) is 14.9. The van der Waals surface area contributed by atoms with E-state index < -0.39 is 5.97 Å². The van der Waals surface area contributed by atoms with Crippen molar-refractivity contribution in [3.63, 3.8) is 0 Å². The van der Waals surface area contributed by atoms with E-state index in [0.717, 1.165) is 18.4 Å². The number of benzene rings is 1. The number of ether oxygens (including phenoxy) is 2. The van der Waals surface area contributed by atoms with Crippen LogP contribution in [-0.2, 0) is 11.3 Å². The molecule has 0 bridgehead atoms. The average Bonchev–Trinajstić information content (AvgIpc) is 2.73. The molecular weight excluding hydrogens is 256 g/mol. The maximum atomic E-state index is 11.2. The second-order valence-electron chi connectivity index (χ2n) is 5.26. The fourth-order valence-corrected chi connectivity index (χ4v) is 2.63. The van der Waals surface area contributed by atoms with Crippen LogP contribution in [0, 0.1) is 0 Å². The summed E-state index contributed by atoms with van der Waals surface area (Å²) in [6.07, 6.45) is 7.59. The van der Waals surface area contributed by atoms with Crippen LogP contribution in [0.25, 0.3) is 0 Å². The summed E-state index contributed by atoms with van der Waals surface area (Å²) in [4.78, 5) is 11.2. The highest BCUT2D eigenvalue weighted by Gasteiger charge is 2.15. The molecular formula is C16H22O4. The summed E-state index contributed by atoms with van der Waals surface area (Å²) in [5.41, 5.74) is 1.07. The number of rotatable bonds is 5. The third-order valence-electron chi connectivity index (χ3n) is 3.78. The number of hydrogen-bond acceptors (Lipinski definition) is 3. The molecule has 110 valence electrons. The van der Waals surface area contributed by atoms with Crippen LogP contribution < -0.4 is 4.74 Å². The minimum Gasteiger partial charge on any atom is -0.496 e. The average molecular weight is 278 g/mol. The Hall–Kier alpha value is -1.55. The highest BCUT2D eigenvalue weighted by Crippen LogP contribution is 2.23. The lowest BCUT2D eigenvalue weighted by Gasteiger charge is -2.16. The summed E-state index contributed by atoms with van der Waals surface area (Å²) in [7, 11) is 1.48. The van der Waals surface area contributed by atoms with Gasteiger partial charge >= 0.3 is 5.97 Å². The van der Waals surface area contributed by atoms with E-state index in [4.69, 9.17) is 14.6 Å². The number of methoxy groups -OCH3 is 1. The van der Waals surface area contributed by atoms with Crippen molar-refractivity contribution in [3.8, 4) is 5.75 Å². The highest BCUT2D eigenvalue weighted by atomic mass is 16.5. The lowest BCUT2D eigenvalue weighted by atomic mass is 10.1. The van der Waals surface area contributed by atoms with Gasteiger partial charge in [0.1, 0.15) is 11.3 Å². The number of carboxylic acids is 1. The van der Waals surface area contributed by atoms with Crippen LogP contribution in [0.1, 0.15) is 54.4 Å². The number of carbonyl (C=O) groups is 1. The molecule has 0 amide bonds. The Kier molecular flexibility index (Phi) is 5.41. The smallest absolute Gasteiger partial charge is 0.339 e. The van der Waals surface area contributed by atoms with Gasteiger partial charge in [-0.1, -0.05) is 31.7 Å². The van der Waals surface area contributed by atoms with Crippen molar-refractivity contribution in [2.24, 2.45) is 0 Å². The highest BCUT2D eigenvalue weighted by molar-refractivity contribution is 5.91. The molecule has 1 aromatic carbocycles. The zero-order chi connectivity index (χ0) is 14.4. The number of aromatic carboxylic acids is 1. The van der Waals surface area contributed by atoms with Crippen molar-refractivity contribution in [2.75, 3.05) is 7.11 Å². The van der Waals surface area contributed by atoms with E-state index >= 15 is 0 Å². The van der Waals surface area contributed by atoms with Crippen molar-refractivity contribution in [1.29, 1.82) is 0 Å². The Morgan fingerprint density at radius 3 is 2.55 bits per heavy atom. The van der Waals surface area contributed by atoms with Crippen molar-refractivity contribution in [2.45, 2.75) is 51.2 Å². The van der Waals surface area contributed by atoms with Gasteiger partial charge < -0.3 is 14.6 Å². The molecule has 0 spiro atoms. The van der Waals surface area contributed by atoms with Gasteiger partial charge in [0.2, 0.25) is 0 Å². The maximum absolute atomic E-state index is 11.2. The van der Waals surface area contributed by atoms with Gasteiger partial charge in [-0.25, -0.2) is 4.79 Å². The van der Waals surface area contributed by atoms with E-state index in [-0.39, 0.29) is 5.56 Å². The molecule has 1 N–H and O–H groups in total. The van der Waals surface area contributed by atoms with E-state index in [0.29, 0.717) is 18.5 Å². The quantitative estimate of drug-likeness (QED) is 0.836. The zero-order valence-electron chi connectivity index (χ0n) is 11.9. The standard InChI is InChI=1S/C16H22O4/c1-19-15-9-8-12(10-14(15)16(17)18)11-20-13-6-4-2-3-5-7-13/h8-10,13H,2-7,11H2,1H3,(H,17,18). The minimum absolute atomic E-state index is 0.189. The van der Waals surface area contributed by atoms with Crippen molar-refractivity contribution >= 4 is 5.97 Å². The Morgan fingerprint density at radius 1 is 1.25 bits per heavy atom. The Morgan fingerprint density at radius 2 is 1.95 bits per heavy atom. The first-order valence-corrected chi connectivity index (χ1v) is 7.22. The minimum atomic E-state index is -0.974. The van der Waals surface area contributed by atoms with Gasteiger partial charge in [0.05, 0.1) is 19.8 Å². The van der Waals surface area contributed by atoms with E-state index in [1.54, 1.807) is 12.1 Å². The van der Waals surface area contributed by atoms with E-state index in [1.807, 2.05) is 6.07 Å². The Bertz CT molecular complexity index is 448. The number of carboxylic acid groups (broad SMARTS) is 1. The molecule has 1 aromatic rings. The van der Waals surface area contributed by atoms with E-state index in [2.05, 4.69) is 0 Å². The molecule has 0 aromatic heterocycles. The largest absolute Gasteiger partial charge is 0.496 e. The Labute approximate surface area is 119 Å². The molecule has 0 heterocycles. The molecule has 0 aliphatic heterocycles. The summed E-state index contributed by atoms with van der Waals surface area (Å²) in [6.45, 7) is 0.467. The molecule has 0 saturated heterocycles. The molecule has 0 unspecified atom stereocenters. The third-order valence-corrected chi connectivity index (χ3v) is 3.78. The lowest BCUT2D eigenvalue weighted by molar-refractivity contribution is 0.0309. The van der Waals surface area contributed by atoms with Gasteiger partial charge in [0, 0.05) is 0 Å². The Balaban J connectivity index is 1.98. The molecule has 1 aliphatic rings. The molecule has 1 fully saturated rings. The fraction of sp³-hybridized carbons (Fsp3) is 0.562. The second-order valence-corrected chi connectivity index (χ2v) is 5.26. The first-order valence-electron chi connectivity index (χ1n) is 7.22. The topological polar surface area (TPSA) is 55.8 Å². The summed E-state index contributed by atoms with van der Waals surface area (Å²) >= 11 is 0. The monoisotopic (exact) mass is 278 g/mol. The van der Waals surface area contributed by atoms with E-state index in [1.165, 1.54) is 32.8 Å². The van der Waals surface area contributed by atoms with Crippen molar-refractivity contribution < 1.29 is 19.4 Å². The van der Waals surface area contributed by atoms with Gasteiger partial charge in [0.25, 0.3) is 0 Å².